The summed E-state index contributed by atoms with van der Waals surface area (Å²) in [5.41, 5.74) is -1.28. The Morgan fingerprint density at radius 1 is 1.19 bits per heavy atom. The van der Waals surface area contributed by atoms with Crippen LogP contribution in [0.25, 0.3) is 0 Å². The molecule has 4 aliphatic heterocycles. The Morgan fingerprint density at radius 2 is 1.95 bits per heavy atom. The number of thiocarbonyl (C=S) groups is 1. The Labute approximate surface area is 214 Å². The van der Waals surface area contributed by atoms with Gasteiger partial charge in [-0.3, -0.25) is 28.3 Å². The number of aromatic amines is 1. The maximum absolute atomic E-state index is 13.1. The van der Waals surface area contributed by atoms with E-state index in [9.17, 15) is 34.1 Å². The van der Waals surface area contributed by atoms with Crippen LogP contribution in [0.15, 0.2) is 15.8 Å². The van der Waals surface area contributed by atoms with E-state index in [1.807, 2.05) is 0 Å². The number of ether oxygens (including phenoxy) is 2. The average Bonchev–Trinajstić information content (AvgIpc) is 3.39. The lowest BCUT2D eigenvalue weighted by atomic mass is 9.92. The zero-order valence-corrected chi connectivity index (χ0v) is 21.3. The molecule has 3 fully saturated rings. The van der Waals surface area contributed by atoms with Gasteiger partial charge in [-0.1, -0.05) is 19.1 Å². The summed E-state index contributed by atoms with van der Waals surface area (Å²) >= 11 is 5.33. The van der Waals surface area contributed by atoms with Gasteiger partial charge in [0, 0.05) is 43.0 Å². The largest absolute Gasteiger partial charge is 0.472 e. The van der Waals surface area contributed by atoms with Gasteiger partial charge in [-0.05, 0) is 0 Å². The highest BCUT2D eigenvalue weighted by molar-refractivity contribution is 7.80. The summed E-state index contributed by atoms with van der Waals surface area (Å²) in [6.07, 6.45) is -5.28. The number of aliphatic hydroxyl groups is 2. The summed E-state index contributed by atoms with van der Waals surface area (Å²) < 4.78 is 35.7. The van der Waals surface area contributed by atoms with Crippen LogP contribution in [0.4, 0.5) is 4.79 Å². The summed E-state index contributed by atoms with van der Waals surface area (Å²) in [5.74, 6) is -0.455. The minimum atomic E-state index is -4.72. The predicted octanol–water partition coefficient (Wildman–Crippen LogP) is -1.29. The molecule has 5 N–H and O–H groups in total. The van der Waals surface area contributed by atoms with Crippen LogP contribution in [0, 0.1) is 5.92 Å². The molecule has 3 saturated heterocycles. The summed E-state index contributed by atoms with van der Waals surface area (Å²) in [4.78, 5) is 52.5. The maximum atomic E-state index is 13.1. The number of phosphoric ester groups is 1. The first-order valence-electron chi connectivity index (χ1n) is 11.7. The van der Waals surface area contributed by atoms with Crippen molar-refractivity contribution < 1.29 is 43.0 Å². The third-order valence-corrected chi connectivity index (χ3v) is 8.63. The third kappa shape index (κ3) is 5.05. The molecular weight excluding hydrogens is 535 g/mol. The van der Waals surface area contributed by atoms with Crippen molar-refractivity contribution in [2.45, 2.75) is 69.1 Å². The highest BCUT2D eigenvalue weighted by atomic mass is 32.1. The molecule has 0 aromatic carbocycles. The van der Waals surface area contributed by atoms with Crippen LogP contribution >= 0.6 is 20.0 Å². The van der Waals surface area contributed by atoms with Crippen LogP contribution in [0.2, 0.25) is 0 Å². The third-order valence-electron chi connectivity index (χ3n) is 7.14. The minimum absolute atomic E-state index is 0.0280. The van der Waals surface area contributed by atoms with Crippen molar-refractivity contribution in [2.75, 3.05) is 13.2 Å². The van der Waals surface area contributed by atoms with Crippen molar-refractivity contribution in [3.05, 3.63) is 32.6 Å². The number of aliphatic hydroxyl groups excluding tert-OH is 2. The molecule has 17 heteroatoms. The number of carbonyl (C=O) groups excluding carboxylic acids is 1. The molecule has 0 radical (unpaired) electrons. The van der Waals surface area contributed by atoms with Gasteiger partial charge in [0.1, 0.15) is 30.8 Å². The zero-order chi connectivity index (χ0) is 26.6. The van der Waals surface area contributed by atoms with E-state index >= 15 is 0 Å². The zero-order valence-electron chi connectivity index (χ0n) is 19.6. The Kier molecular flexibility index (Phi) is 7.15. The summed E-state index contributed by atoms with van der Waals surface area (Å²) in [7, 11) is -4.72. The van der Waals surface area contributed by atoms with E-state index < -0.39 is 87.1 Å². The number of urea groups is 1. The van der Waals surface area contributed by atoms with Gasteiger partial charge in [0.2, 0.25) is 0 Å². The second-order valence-electron chi connectivity index (χ2n) is 9.47. The van der Waals surface area contributed by atoms with Gasteiger partial charge < -0.3 is 29.9 Å². The van der Waals surface area contributed by atoms with E-state index in [-0.39, 0.29) is 29.8 Å². The number of amides is 2. The fraction of sp³-hybridized carbons (Fsp3) is 0.700. The van der Waals surface area contributed by atoms with Crippen LogP contribution < -0.4 is 16.6 Å². The van der Waals surface area contributed by atoms with Crippen molar-refractivity contribution in [1.29, 1.82) is 0 Å². The molecule has 1 aromatic heterocycles. The lowest BCUT2D eigenvalue weighted by molar-refractivity contribution is -0.0794. The number of nitrogens with one attached hydrogen (secondary N) is 2. The Morgan fingerprint density at radius 3 is 2.68 bits per heavy atom. The fourth-order valence-corrected chi connectivity index (χ4v) is 6.34. The molecular formula is C20H27N4O11PS. The maximum Gasteiger partial charge on any atom is 0.472 e. The van der Waals surface area contributed by atoms with Crippen molar-refractivity contribution in [3.8, 4) is 0 Å². The van der Waals surface area contributed by atoms with Crippen LogP contribution in [0.1, 0.15) is 31.6 Å². The van der Waals surface area contributed by atoms with Gasteiger partial charge in [0.15, 0.2) is 0 Å². The second-order valence-corrected chi connectivity index (χ2v) is 11.3. The van der Waals surface area contributed by atoms with Gasteiger partial charge in [0.05, 0.1) is 24.3 Å². The van der Waals surface area contributed by atoms with Crippen LogP contribution in [0.5, 0.6) is 0 Å². The van der Waals surface area contributed by atoms with Crippen LogP contribution in [0.3, 0.4) is 0 Å². The number of phosphoric acid groups is 1. The number of aromatic nitrogens is 2. The lowest BCUT2D eigenvalue weighted by Gasteiger charge is -2.43. The molecule has 15 nitrogen and oxygen atoms in total. The number of hydrogen-bond donors (Lipinski definition) is 5. The molecule has 37 heavy (non-hydrogen) atoms. The predicted molar refractivity (Wildman–Crippen MR) is 126 cm³/mol. The van der Waals surface area contributed by atoms with E-state index in [0.717, 1.165) is 4.57 Å². The monoisotopic (exact) mass is 562 g/mol. The smallest absolute Gasteiger partial charge is 0.394 e. The molecule has 4 aliphatic rings. The molecule has 1 unspecified atom stereocenters. The molecule has 1 aromatic rings. The van der Waals surface area contributed by atoms with Crippen LogP contribution in [-0.2, 0) is 29.5 Å². The highest BCUT2D eigenvalue weighted by Crippen LogP contribution is 2.48. The number of rotatable bonds is 1. The van der Waals surface area contributed by atoms with Gasteiger partial charge in [-0.2, -0.15) is 0 Å². The lowest BCUT2D eigenvalue weighted by Crippen LogP contribution is -2.63. The first-order chi connectivity index (χ1) is 17.5. The molecule has 0 spiro atoms. The SMILES string of the molecule is C[C@@H]1C(=S)NC(=O)N2[C@@H]1Cc1cn(c(=O)[nH]c1=O)[C@H]1C[C@H](O)[C@@H](COP(=O)(O)O[C@H]3C[C@H]2O[C@@H]3CO)O1. The van der Waals surface area contributed by atoms with Gasteiger partial charge in [-0.25, -0.2) is 14.2 Å². The summed E-state index contributed by atoms with van der Waals surface area (Å²) in [6.45, 7) is 0.639. The van der Waals surface area contributed by atoms with Gasteiger partial charge >= 0.3 is 19.5 Å². The molecule has 5 heterocycles. The van der Waals surface area contributed by atoms with Crippen molar-refractivity contribution in [3.63, 3.8) is 0 Å². The average molecular weight is 562 g/mol. The fourth-order valence-electron chi connectivity index (χ4n) is 5.13. The van der Waals surface area contributed by atoms with E-state index in [1.54, 1.807) is 6.92 Å². The van der Waals surface area contributed by atoms with Crippen molar-refractivity contribution >= 4 is 31.1 Å². The Balaban J connectivity index is 1.59. The topological polar surface area (TPSA) is 202 Å². The number of hydrogen-bond acceptors (Lipinski definition) is 11. The molecule has 9 atom stereocenters. The number of carbonyl (C=O) groups is 1. The highest BCUT2D eigenvalue weighted by Gasteiger charge is 2.49. The van der Waals surface area contributed by atoms with E-state index in [1.165, 1.54) is 11.1 Å². The quantitative estimate of drug-likeness (QED) is 0.201. The standard InChI is InChI=1S/C20H27N4O11PS/c1-8-10-2-9-5-23(19(28)21-17(9)27)15-3-11(26)14(34-15)7-32-36(30,31)35-12-4-16(33-13(12)6-25)24(10)20(29)22-18(8)37/h5,8,10-16,25-26H,2-4,6-7H2,1H3,(H,30,31)(H,21,27,28)(H,22,29,37)/t8-,10+,11-,12-,13+,14+,15+,16+/m0/s1. The second kappa shape index (κ2) is 9.94. The van der Waals surface area contributed by atoms with E-state index in [0.29, 0.717) is 0 Å². The number of nitrogens with zero attached hydrogens (tertiary/aromatic N) is 2. The molecule has 5 rings (SSSR count). The molecule has 6 bridgehead atoms. The van der Waals surface area contributed by atoms with Crippen molar-refractivity contribution in [1.82, 2.24) is 19.8 Å². The molecule has 0 saturated carbocycles. The molecule has 0 aliphatic carbocycles. The first kappa shape index (κ1) is 26.6. The molecule has 2 amide bonds. The summed E-state index contributed by atoms with van der Waals surface area (Å²) in [6, 6.07) is -1.33. The van der Waals surface area contributed by atoms with Crippen molar-refractivity contribution in [2.24, 2.45) is 5.92 Å². The molecule has 204 valence electrons. The first-order valence-corrected chi connectivity index (χ1v) is 13.6. The summed E-state index contributed by atoms with van der Waals surface area (Å²) in [5, 5.41) is 22.8. The van der Waals surface area contributed by atoms with Gasteiger partial charge in [-0.15, -0.1) is 0 Å². The van der Waals surface area contributed by atoms with E-state index in [2.05, 4.69) is 10.3 Å². The van der Waals surface area contributed by atoms with Gasteiger partial charge in [0.25, 0.3) is 5.56 Å². The normalized spacial score (nSPS) is 40.4. The Bertz CT molecular complexity index is 1260. The van der Waals surface area contributed by atoms with E-state index in [4.69, 9.17) is 30.7 Å². The number of H-pyrrole nitrogens is 1. The number of fused-ring (bicyclic) bond motifs is 9. The Hall–Kier alpha value is -2.01. The van der Waals surface area contributed by atoms with Crippen LogP contribution in [-0.4, -0.2) is 90.5 Å². The minimum Gasteiger partial charge on any atom is -0.394 e.